The van der Waals surface area contributed by atoms with Gasteiger partial charge in [-0.2, -0.15) is 5.26 Å². The van der Waals surface area contributed by atoms with Crippen LogP contribution in [0.25, 0.3) is 0 Å². The maximum absolute atomic E-state index is 12.1. The Balaban J connectivity index is 2.41. The van der Waals surface area contributed by atoms with E-state index in [0.717, 1.165) is 0 Å². The smallest absolute Gasteiger partial charge is 0.228 e. The number of nitrogens with zero attached hydrogens (tertiary/aromatic N) is 2. The molecule has 1 unspecified atom stereocenters. The van der Waals surface area contributed by atoms with Gasteiger partial charge in [0.05, 0.1) is 23.0 Å². The summed E-state index contributed by atoms with van der Waals surface area (Å²) in [6, 6.07) is 6.92. The molecule has 1 aromatic rings. The number of carbonyl (C=O) groups is 1. The van der Waals surface area contributed by atoms with E-state index in [1.807, 2.05) is 13.0 Å². The van der Waals surface area contributed by atoms with Crippen molar-refractivity contribution in [1.82, 2.24) is 0 Å². The Morgan fingerprint density at radius 1 is 1.52 bits per heavy atom. The molecule has 21 heavy (non-hydrogen) atoms. The van der Waals surface area contributed by atoms with Crippen molar-refractivity contribution in [2.45, 2.75) is 18.6 Å². The third-order valence-electron chi connectivity index (χ3n) is 3.34. The predicted octanol–water partition coefficient (Wildman–Crippen LogP) is 0.384. The zero-order valence-electron chi connectivity index (χ0n) is 11.5. The monoisotopic (exact) mass is 308 g/mol. The number of nitrogens with two attached hydrogens (primary N) is 1. The van der Waals surface area contributed by atoms with E-state index in [4.69, 9.17) is 10.4 Å². The largest absolute Gasteiger partial charge is 0.384 e. The van der Waals surface area contributed by atoms with Gasteiger partial charge in [0.25, 0.3) is 0 Å². The topological polar surface area (TPSA) is 116 Å². The van der Waals surface area contributed by atoms with Crippen LogP contribution in [0.4, 0.5) is 11.4 Å². The van der Waals surface area contributed by atoms with Gasteiger partial charge in [-0.3, -0.25) is 4.79 Å². The van der Waals surface area contributed by atoms with Crippen molar-refractivity contribution in [3.63, 3.8) is 0 Å². The van der Waals surface area contributed by atoms with Gasteiger partial charge in [-0.15, -0.1) is 0 Å². The van der Waals surface area contributed by atoms with Crippen LogP contribution in [0.1, 0.15) is 18.9 Å². The van der Waals surface area contributed by atoms with Crippen molar-refractivity contribution in [2.24, 2.45) is 5.14 Å². The number of nitrogens with one attached hydrogen (secondary N) is 1. The zero-order valence-corrected chi connectivity index (χ0v) is 12.4. The number of amides is 1. The van der Waals surface area contributed by atoms with E-state index in [-0.39, 0.29) is 18.9 Å². The molecular formula is C13H16N4O3S. The summed E-state index contributed by atoms with van der Waals surface area (Å²) in [6.45, 7) is 2.55. The number of hydrogen-bond donors (Lipinski definition) is 2. The molecule has 7 nitrogen and oxygen atoms in total. The molecule has 1 atom stereocenters. The molecule has 0 aliphatic carbocycles. The fourth-order valence-corrected chi connectivity index (χ4v) is 3.02. The Bertz CT molecular complexity index is 709. The molecule has 1 heterocycles. The molecule has 8 heteroatoms. The third kappa shape index (κ3) is 3.15. The standard InChI is InChI=1S/C13H16N4O3S/c1-2-16-11-4-3-9(7-14)5-12(11)17-8-10(6-13(17)18)21(15,19)20/h3-5,10,16H,2,6,8H2,1H3,(H2,15,19,20). The van der Waals surface area contributed by atoms with Gasteiger partial charge in [-0.05, 0) is 25.1 Å². The molecule has 1 fully saturated rings. The molecule has 0 radical (unpaired) electrons. The maximum Gasteiger partial charge on any atom is 0.228 e. The Morgan fingerprint density at radius 3 is 2.76 bits per heavy atom. The van der Waals surface area contributed by atoms with E-state index in [9.17, 15) is 13.2 Å². The van der Waals surface area contributed by atoms with Crippen molar-refractivity contribution in [3.05, 3.63) is 23.8 Å². The lowest BCUT2D eigenvalue weighted by Crippen LogP contribution is -2.32. The summed E-state index contributed by atoms with van der Waals surface area (Å²) in [5.41, 5.74) is 1.59. The first-order valence-electron chi connectivity index (χ1n) is 6.46. The molecule has 112 valence electrons. The van der Waals surface area contributed by atoms with Gasteiger partial charge in [-0.25, -0.2) is 13.6 Å². The molecule has 2 rings (SSSR count). The zero-order chi connectivity index (χ0) is 15.6. The van der Waals surface area contributed by atoms with Crippen LogP contribution < -0.4 is 15.4 Å². The molecule has 1 aliphatic rings. The van der Waals surface area contributed by atoms with E-state index in [0.29, 0.717) is 23.5 Å². The number of rotatable bonds is 4. The summed E-state index contributed by atoms with van der Waals surface area (Å²) in [5.74, 6) is -0.316. The fraction of sp³-hybridized carbons (Fsp3) is 0.385. The molecule has 0 saturated carbocycles. The van der Waals surface area contributed by atoms with E-state index in [1.54, 1.807) is 18.2 Å². The quantitative estimate of drug-likeness (QED) is 0.834. The first-order valence-corrected chi connectivity index (χ1v) is 8.07. The average Bonchev–Trinajstić information content (AvgIpc) is 2.81. The first-order chi connectivity index (χ1) is 9.86. The van der Waals surface area contributed by atoms with Gasteiger partial charge in [0, 0.05) is 19.5 Å². The third-order valence-corrected chi connectivity index (χ3v) is 4.58. The first kappa shape index (κ1) is 15.3. The number of sulfonamides is 1. The molecular weight excluding hydrogens is 292 g/mol. The van der Waals surface area contributed by atoms with Crippen molar-refractivity contribution < 1.29 is 13.2 Å². The number of primary sulfonamides is 1. The van der Waals surface area contributed by atoms with Crippen LogP contribution in [0.5, 0.6) is 0 Å². The van der Waals surface area contributed by atoms with Crippen molar-refractivity contribution in [1.29, 1.82) is 5.26 Å². The van der Waals surface area contributed by atoms with Crippen LogP contribution in [-0.4, -0.2) is 32.7 Å². The van der Waals surface area contributed by atoms with E-state index < -0.39 is 15.3 Å². The molecule has 1 aliphatic heterocycles. The summed E-state index contributed by atoms with van der Waals surface area (Å²) < 4.78 is 22.8. The normalized spacial score (nSPS) is 18.6. The highest BCUT2D eigenvalue weighted by molar-refractivity contribution is 7.89. The van der Waals surface area contributed by atoms with Gasteiger partial charge in [0.1, 0.15) is 5.25 Å². The molecule has 0 aromatic heterocycles. The van der Waals surface area contributed by atoms with Crippen LogP contribution >= 0.6 is 0 Å². The van der Waals surface area contributed by atoms with Crippen LogP contribution in [0.2, 0.25) is 0 Å². The summed E-state index contributed by atoms with van der Waals surface area (Å²) in [7, 11) is -3.77. The van der Waals surface area contributed by atoms with Crippen molar-refractivity contribution in [2.75, 3.05) is 23.3 Å². The summed E-state index contributed by atoms with van der Waals surface area (Å²) >= 11 is 0. The Morgan fingerprint density at radius 2 is 2.24 bits per heavy atom. The Labute approximate surface area is 123 Å². The fourth-order valence-electron chi connectivity index (χ4n) is 2.29. The van der Waals surface area contributed by atoms with Crippen LogP contribution in [0.15, 0.2) is 18.2 Å². The van der Waals surface area contributed by atoms with Gasteiger partial charge in [-0.1, -0.05) is 0 Å². The summed E-state index contributed by atoms with van der Waals surface area (Å²) in [6.07, 6.45) is -0.138. The van der Waals surface area contributed by atoms with E-state index >= 15 is 0 Å². The lowest BCUT2D eigenvalue weighted by molar-refractivity contribution is -0.117. The van der Waals surface area contributed by atoms with Gasteiger partial charge in [0.2, 0.25) is 15.9 Å². The number of carbonyl (C=O) groups excluding carboxylic acids is 1. The number of benzene rings is 1. The lowest BCUT2D eigenvalue weighted by atomic mass is 10.1. The van der Waals surface area contributed by atoms with Crippen LogP contribution in [-0.2, 0) is 14.8 Å². The number of nitriles is 1. The second-order valence-corrected chi connectivity index (χ2v) is 6.64. The highest BCUT2D eigenvalue weighted by Gasteiger charge is 2.38. The second-order valence-electron chi connectivity index (χ2n) is 4.79. The molecule has 1 aromatic carbocycles. The minimum atomic E-state index is -3.77. The van der Waals surface area contributed by atoms with E-state index in [2.05, 4.69) is 5.32 Å². The molecule has 0 spiro atoms. The lowest BCUT2D eigenvalue weighted by Gasteiger charge is -2.21. The van der Waals surface area contributed by atoms with Gasteiger partial charge in [0.15, 0.2) is 0 Å². The van der Waals surface area contributed by atoms with E-state index in [1.165, 1.54) is 4.90 Å². The molecule has 1 amide bonds. The second kappa shape index (κ2) is 5.71. The maximum atomic E-state index is 12.1. The molecule has 0 bridgehead atoms. The van der Waals surface area contributed by atoms with Gasteiger partial charge >= 0.3 is 0 Å². The minimum Gasteiger partial charge on any atom is -0.384 e. The number of hydrogen-bond acceptors (Lipinski definition) is 5. The molecule has 1 saturated heterocycles. The van der Waals surface area contributed by atoms with Gasteiger partial charge < -0.3 is 10.2 Å². The van der Waals surface area contributed by atoms with Crippen LogP contribution in [0, 0.1) is 11.3 Å². The molecule has 3 N–H and O–H groups in total. The summed E-state index contributed by atoms with van der Waals surface area (Å²) in [5, 5.41) is 16.3. The SMILES string of the molecule is CCNc1ccc(C#N)cc1N1CC(S(N)(=O)=O)CC1=O. The highest BCUT2D eigenvalue weighted by atomic mass is 32.2. The van der Waals surface area contributed by atoms with Crippen LogP contribution in [0.3, 0.4) is 0 Å². The highest BCUT2D eigenvalue weighted by Crippen LogP contribution is 2.31. The minimum absolute atomic E-state index is 0.00490. The Hall–Kier alpha value is -2.11. The van der Waals surface area contributed by atoms with Crippen molar-refractivity contribution >= 4 is 27.3 Å². The number of anilines is 2. The average molecular weight is 308 g/mol. The Kier molecular flexibility index (Phi) is 4.16. The summed E-state index contributed by atoms with van der Waals surface area (Å²) in [4.78, 5) is 13.5. The predicted molar refractivity (Wildman–Crippen MR) is 79.2 cm³/mol. The van der Waals surface area contributed by atoms with Crippen molar-refractivity contribution in [3.8, 4) is 6.07 Å².